The van der Waals surface area contributed by atoms with Crippen LogP contribution in [-0.2, 0) is 130 Å². The molecule has 4 unspecified atom stereocenters. The third-order valence-electron chi connectivity index (χ3n) is 28.4. The molecule has 9 heterocycles. The van der Waals surface area contributed by atoms with Crippen molar-refractivity contribution in [3.05, 3.63) is 435 Å². The van der Waals surface area contributed by atoms with Gasteiger partial charge in [0.1, 0.15) is 0 Å². The Bertz CT molecular complexity index is 6260. The fourth-order valence-electron chi connectivity index (χ4n) is 21.3. The van der Waals surface area contributed by atoms with E-state index in [1.54, 1.807) is 61.8 Å². The van der Waals surface area contributed by atoms with E-state index in [1.165, 1.54) is 150 Å². The summed E-state index contributed by atoms with van der Waals surface area (Å²) in [4.78, 5) is 23.2. The second-order valence-electron chi connectivity index (χ2n) is 37.8. The van der Waals surface area contributed by atoms with Crippen molar-refractivity contribution in [3.63, 3.8) is 0 Å². The SMILES string of the molecule is CC(C)Cc1cccc(-c2[c-]cccc2)n1.CC1(C)C2Cc3cc4[n+](cc3C1C2)Cc1cc2c(cc1-4)CCCC2.[Ir+3].[Ir].[c-]1ccc(-c2ccccc2)cc1-c1ccccn1.[c-]1ccccc1-c1ccc(CCc2cc(CCc3ccc(-c4[c-]cccc4)nc3)cc(CCc3ccc(-c4[c-]cccc4)nc3)c2)cn1.c1c2c(cc3c1C[n+]1cc4c(cc1-3)C1CCC4C1)CCCC2. The Morgan fingerprint density at radius 1 is 0.369 bits per heavy atom. The third kappa shape index (κ3) is 20.3. The van der Waals surface area contributed by atoms with Gasteiger partial charge in [0, 0.05) is 85.0 Å². The van der Waals surface area contributed by atoms with Crippen molar-refractivity contribution in [1.82, 2.24) is 24.9 Å². The molecule has 0 spiro atoms. The second-order valence-corrected chi connectivity index (χ2v) is 37.8. The van der Waals surface area contributed by atoms with E-state index < -0.39 is 0 Å². The predicted molar refractivity (Wildman–Crippen MR) is 518 cm³/mol. The number of pyridine rings is 7. The van der Waals surface area contributed by atoms with Gasteiger partial charge in [0.2, 0.25) is 11.4 Å². The average Bonchev–Trinajstić information content (AvgIpc) is 1.42. The molecular weight excluding hydrogens is 1940 g/mol. The van der Waals surface area contributed by atoms with E-state index in [4.69, 9.17) is 15.0 Å². The van der Waals surface area contributed by atoms with E-state index in [9.17, 15) is 0 Å². The molecule has 2 fully saturated rings. The summed E-state index contributed by atoms with van der Waals surface area (Å²) in [6, 6.07) is 112. The smallest absolute Gasteiger partial charge is 0.305 e. The van der Waals surface area contributed by atoms with Crippen LogP contribution >= 0.6 is 0 Å². The molecule has 25 rings (SSSR count). The number of nitrogens with zero attached hydrogens (tertiary/aromatic N) is 7. The van der Waals surface area contributed by atoms with Crippen LogP contribution in [0.25, 0.3) is 89.9 Å². The van der Waals surface area contributed by atoms with Crippen LogP contribution in [0.4, 0.5) is 0 Å². The van der Waals surface area contributed by atoms with Gasteiger partial charge in [-0.2, -0.15) is 9.13 Å². The van der Waals surface area contributed by atoms with Crippen molar-refractivity contribution >= 4 is 0 Å². The van der Waals surface area contributed by atoms with Gasteiger partial charge in [0.15, 0.2) is 25.5 Å². The van der Waals surface area contributed by atoms with Crippen LogP contribution in [-0.4, -0.2) is 24.9 Å². The molecule has 4 bridgehead atoms. The first kappa shape index (κ1) is 88.9. The zero-order valence-electron chi connectivity index (χ0n) is 75.2. The molecule has 4 atom stereocenters. The number of benzene rings is 9. The summed E-state index contributed by atoms with van der Waals surface area (Å²) < 4.78 is 5.08. The molecule has 2 aliphatic heterocycles. The van der Waals surface area contributed by atoms with Crippen LogP contribution < -0.4 is 9.13 Å². The van der Waals surface area contributed by atoms with Crippen molar-refractivity contribution in [3.8, 4) is 89.9 Å². The van der Waals surface area contributed by atoms with E-state index in [2.05, 4.69) is 217 Å². The molecule has 7 nitrogen and oxygen atoms in total. The second kappa shape index (κ2) is 40.8. The van der Waals surface area contributed by atoms with Gasteiger partial charge in [-0.25, -0.2) is 0 Å². The standard InChI is InChI=1S/C45H36N3.C23H26N.C21H22N.C17H12N.C15H16N.2Ir/c1-4-10-40(11-5-1)43-25-22-34(31-46-43)16-19-37-28-38(20-17-35-23-26-44(47-32-35)41-12-6-2-7-13-41)30-39(29-37)21-18-36-24-27-45(48-33-36)42-14-8-3-9-15-42;1-23(2)18-8-16-10-22-19-9-15-6-4-3-5-14(15)7-17(19)12-24(22)13-20(16)21(23)11-18;1-2-4-14-9-19-17(7-13(14)3-1)11-22-12-20-16-6-5-15(8-16)18(20)10-21(19)22;1-2-7-14(8-3-1)15-9-6-10-16(13-15)17-11-4-5-12-18-17;1-12(2)11-14-9-6-10-15(16-14)13-7-4-3-5-8-13;;/h1-10,12,14,22-33H,16-21H2;7,9-10,13,18,21H,3-6,8,11-12H2,1-2H3;7,9-10,12,15-16H,1-6,8,11H2;1-9,11-13H;3-7,9-10,12H,11H2,1-2H3;;/q-3;2*+1;2*-1;;+3. The minimum atomic E-state index is 0. The molecule has 1 radical (unpaired) electrons. The van der Waals surface area contributed by atoms with Crippen molar-refractivity contribution in [2.75, 3.05) is 0 Å². The Morgan fingerprint density at radius 2 is 0.823 bits per heavy atom. The van der Waals surface area contributed by atoms with Gasteiger partial charge in [0.05, 0.1) is 11.1 Å². The Balaban J connectivity index is 0.000000117. The first-order valence-electron chi connectivity index (χ1n) is 47.1. The molecule has 649 valence electrons. The maximum absolute atomic E-state index is 4.73. The molecule has 9 aliphatic rings. The molecular formula is C121H112Ir2N7. The fraction of sp³-hybridized carbons (Fsp3) is 0.264. The monoisotopic (exact) mass is 2050 g/mol. The number of rotatable bonds is 17. The number of hydrogen-bond acceptors (Lipinski definition) is 5. The minimum Gasteiger partial charge on any atom is -0.305 e. The summed E-state index contributed by atoms with van der Waals surface area (Å²) in [6.45, 7) is 11.6. The van der Waals surface area contributed by atoms with Crippen molar-refractivity contribution in [2.45, 2.75) is 187 Å². The molecule has 7 aliphatic carbocycles. The summed E-state index contributed by atoms with van der Waals surface area (Å²) in [7, 11) is 0. The van der Waals surface area contributed by atoms with Gasteiger partial charge in [-0.05, 0) is 301 Å². The van der Waals surface area contributed by atoms with E-state index in [1.807, 2.05) is 164 Å². The molecule has 9 aromatic carbocycles. The average molecular weight is 2050 g/mol. The molecule has 9 heteroatoms. The van der Waals surface area contributed by atoms with E-state index >= 15 is 0 Å². The molecule has 16 aromatic rings. The third-order valence-corrected chi connectivity index (χ3v) is 28.4. The first-order chi connectivity index (χ1) is 62.9. The normalized spacial score (nSPS) is 16.4. The molecule has 130 heavy (non-hydrogen) atoms. The largest absolute Gasteiger partial charge is 3.00 e. The number of hydrogen-bond donors (Lipinski definition) is 0. The van der Waals surface area contributed by atoms with Gasteiger partial charge in [-0.3, -0.25) is 0 Å². The maximum Gasteiger partial charge on any atom is 3.00 e. The van der Waals surface area contributed by atoms with E-state index in [0.717, 1.165) is 144 Å². The van der Waals surface area contributed by atoms with Crippen LogP contribution in [0.15, 0.2) is 310 Å². The van der Waals surface area contributed by atoms with E-state index in [-0.39, 0.29) is 40.2 Å². The van der Waals surface area contributed by atoms with Crippen LogP contribution in [0.1, 0.15) is 192 Å². The summed E-state index contributed by atoms with van der Waals surface area (Å²) in [6.07, 6.45) is 37.3. The number of aryl methyl sites for hydroxylation is 10. The van der Waals surface area contributed by atoms with Gasteiger partial charge in [-0.1, -0.05) is 137 Å². The Labute approximate surface area is 797 Å². The zero-order valence-corrected chi connectivity index (χ0v) is 80.0. The zero-order chi connectivity index (χ0) is 86.3. The summed E-state index contributed by atoms with van der Waals surface area (Å²) in [5.74, 6) is 4.08. The summed E-state index contributed by atoms with van der Waals surface area (Å²) >= 11 is 0. The van der Waals surface area contributed by atoms with Gasteiger partial charge >= 0.3 is 20.1 Å². The molecule has 0 saturated heterocycles. The minimum absolute atomic E-state index is 0. The maximum atomic E-state index is 4.73. The predicted octanol–water partition coefficient (Wildman–Crippen LogP) is 26.4. The Hall–Kier alpha value is -11.7. The number of aromatic nitrogens is 7. The van der Waals surface area contributed by atoms with Crippen molar-refractivity contribution in [2.24, 2.45) is 17.3 Å². The van der Waals surface area contributed by atoms with Crippen LogP contribution in [0.2, 0.25) is 0 Å². The van der Waals surface area contributed by atoms with Crippen molar-refractivity contribution in [1.29, 1.82) is 0 Å². The topological polar surface area (TPSA) is 72.2 Å². The Kier molecular flexibility index (Phi) is 27.9. The molecule has 2 saturated carbocycles. The summed E-state index contributed by atoms with van der Waals surface area (Å²) in [5.41, 5.74) is 44.2. The van der Waals surface area contributed by atoms with Crippen LogP contribution in [0, 0.1) is 47.6 Å². The summed E-state index contributed by atoms with van der Waals surface area (Å²) in [5, 5.41) is 0. The van der Waals surface area contributed by atoms with Gasteiger partial charge < -0.3 is 24.9 Å². The Morgan fingerprint density at radius 3 is 1.30 bits per heavy atom. The molecule has 7 aromatic heterocycles. The van der Waals surface area contributed by atoms with Crippen molar-refractivity contribution < 1.29 is 49.3 Å². The van der Waals surface area contributed by atoms with Gasteiger partial charge in [-0.15, -0.1) is 179 Å². The fourth-order valence-corrected chi connectivity index (χ4v) is 21.3. The molecule has 0 amide bonds. The van der Waals surface area contributed by atoms with E-state index in [0.29, 0.717) is 11.3 Å². The van der Waals surface area contributed by atoms with Crippen LogP contribution in [0.3, 0.4) is 0 Å². The first-order valence-corrected chi connectivity index (χ1v) is 47.1. The quantitative estimate of drug-likeness (QED) is 0.0671. The molecule has 0 N–H and O–H groups in total. The number of fused-ring (bicyclic) bond motifs is 13. The van der Waals surface area contributed by atoms with Gasteiger partial charge in [0.25, 0.3) is 0 Å². The van der Waals surface area contributed by atoms with Crippen LogP contribution in [0.5, 0.6) is 0 Å².